The first-order valence-electron chi connectivity index (χ1n) is 5.88. The summed E-state index contributed by atoms with van der Waals surface area (Å²) < 4.78 is 4.85. The standard InChI is InChI=1S/C13H11N3O5/c1-8-4-5-9(7-10(8)16(19)20)12(17)14-15-13(18)11-3-2-6-21-11/h2-7H,1H3,(H,14,17)(H,15,18). The van der Waals surface area contributed by atoms with Gasteiger partial charge in [0.05, 0.1) is 11.2 Å². The third-order valence-corrected chi connectivity index (χ3v) is 2.70. The van der Waals surface area contributed by atoms with Gasteiger partial charge in [0.25, 0.3) is 11.6 Å². The zero-order valence-electron chi connectivity index (χ0n) is 11.0. The van der Waals surface area contributed by atoms with Crippen molar-refractivity contribution in [1.82, 2.24) is 10.9 Å². The summed E-state index contributed by atoms with van der Waals surface area (Å²) in [6.45, 7) is 1.57. The van der Waals surface area contributed by atoms with Gasteiger partial charge in [0.2, 0.25) is 0 Å². The SMILES string of the molecule is Cc1ccc(C(=O)NNC(=O)c2ccco2)cc1[N+](=O)[O-]. The first-order chi connectivity index (χ1) is 9.99. The van der Waals surface area contributed by atoms with Crippen molar-refractivity contribution in [2.45, 2.75) is 6.92 Å². The van der Waals surface area contributed by atoms with Crippen LogP contribution in [0.4, 0.5) is 5.69 Å². The fourth-order valence-corrected chi connectivity index (χ4v) is 1.60. The number of carbonyl (C=O) groups is 2. The van der Waals surface area contributed by atoms with E-state index in [0.717, 1.165) is 6.07 Å². The van der Waals surface area contributed by atoms with Gasteiger partial charge in [-0.05, 0) is 25.1 Å². The molecule has 0 radical (unpaired) electrons. The Morgan fingerprint density at radius 2 is 1.90 bits per heavy atom. The van der Waals surface area contributed by atoms with Crippen LogP contribution in [0.1, 0.15) is 26.5 Å². The number of hydrogen-bond donors (Lipinski definition) is 2. The van der Waals surface area contributed by atoms with Crippen molar-refractivity contribution in [3.8, 4) is 0 Å². The number of hydrogen-bond acceptors (Lipinski definition) is 5. The number of nitrogens with zero attached hydrogens (tertiary/aromatic N) is 1. The van der Waals surface area contributed by atoms with Crippen LogP contribution in [-0.4, -0.2) is 16.7 Å². The summed E-state index contributed by atoms with van der Waals surface area (Å²) in [5.41, 5.74) is 4.63. The normalized spacial score (nSPS) is 9.95. The first-order valence-corrected chi connectivity index (χ1v) is 5.88. The Morgan fingerprint density at radius 1 is 1.19 bits per heavy atom. The minimum Gasteiger partial charge on any atom is -0.459 e. The molecule has 1 aromatic heterocycles. The highest BCUT2D eigenvalue weighted by Gasteiger charge is 2.16. The molecule has 0 saturated carbocycles. The Bertz CT molecular complexity index is 694. The molecule has 1 aromatic carbocycles. The number of nitro groups is 1. The number of aryl methyl sites for hydroxylation is 1. The van der Waals surface area contributed by atoms with Gasteiger partial charge in [-0.2, -0.15) is 0 Å². The molecule has 0 fully saturated rings. The van der Waals surface area contributed by atoms with Crippen LogP contribution in [0, 0.1) is 17.0 Å². The molecule has 8 heteroatoms. The van der Waals surface area contributed by atoms with Gasteiger partial charge in [-0.1, -0.05) is 6.07 Å². The van der Waals surface area contributed by atoms with E-state index in [4.69, 9.17) is 4.42 Å². The number of rotatable bonds is 3. The Morgan fingerprint density at radius 3 is 2.52 bits per heavy atom. The molecule has 1 heterocycles. The molecule has 2 N–H and O–H groups in total. The largest absolute Gasteiger partial charge is 0.459 e. The average molecular weight is 289 g/mol. The van der Waals surface area contributed by atoms with E-state index < -0.39 is 16.7 Å². The predicted molar refractivity (Wildman–Crippen MR) is 71.5 cm³/mol. The fraction of sp³-hybridized carbons (Fsp3) is 0.0769. The number of carbonyl (C=O) groups excluding carboxylic acids is 2. The van der Waals surface area contributed by atoms with Crippen LogP contribution in [0.15, 0.2) is 41.0 Å². The molecule has 0 bridgehead atoms. The van der Waals surface area contributed by atoms with E-state index in [9.17, 15) is 19.7 Å². The molecule has 21 heavy (non-hydrogen) atoms. The molecule has 8 nitrogen and oxygen atoms in total. The fourth-order valence-electron chi connectivity index (χ4n) is 1.60. The van der Waals surface area contributed by atoms with Crippen LogP contribution in [0.3, 0.4) is 0 Å². The van der Waals surface area contributed by atoms with Crippen molar-refractivity contribution < 1.29 is 18.9 Å². The van der Waals surface area contributed by atoms with E-state index in [-0.39, 0.29) is 17.0 Å². The lowest BCUT2D eigenvalue weighted by Gasteiger charge is -2.06. The summed E-state index contributed by atoms with van der Waals surface area (Å²) in [7, 11) is 0. The lowest BCUT2D eigenvalue weighted by molar-refractivity contribution is -0.385. The lowest BCUT2D eigenvalue weighted by atomic mass is 10.1. The summed E-state index contributed by atoms with van der Waals surface area (Å²) in [5, 5.41) is 10.8. The van der Waals surface area contributed by atoms with E-state index in [1.165, 1.54) is 30.5 Å². The van der Waals surface area contributed by atoms with Crippen molar-refractivity contribution in [2.24, 2.45) is 0 Å². The predicted octanol–water partition coefficient (Wildman–Crippen LogP) is 1.57. The molecule has 0 unspecified atom stereocenters. The van der Waals surface area contributed by atoms with Crippen molar-refractivity contribution in [2.75, 3.05) is 0 Å². The minimum absolute atomic E-state index is 0.0326. The van der Waals surface area contributed by atoms with Gasteiger partial charge in [0, 0.05) is 17.2 Å². The Labute approximate surface area is 118 Å². The molecule has 2 rings (SSSR count). The van der Waals surface area contributed by atoms with Crippen LogP contribution in [-0.2, 0) is 0 Å². The zero-order chi connectivity index (χ0) is 15.4. The summed E-state index contributed by atoms with van der Waals surface area (Å²) in [6, 6.07) is 6.99. The second-order valence-corrected chi connectivity index (χ2v) is 4.14. The van der Waals surface area contributed by atoms with Crippen molar-refractivity contribution >= 4 is 17.5 Å². The van der Waals surface area contributed by atoms with E-state index >= 15 is 0 Å². The van der Waals surface area contributed by atoms with E-state index in [0.29, 0.717) is 5.56 Å². The average Bonchev–Trinajstić information content (AvgIpc) is 2.98. The molecule has 2 aromatic rings. The number of benzene rings is 1. The third-order valence-electron chi connectivity index (χ3n) is 2.70. The van der Waals surface area contributed by atoms with Crippen LogP contribution in [0.5, 0.6) is 0 Å². The van der Waals surface area contributed by atoms with Crippen molar-refractivity contribution in [3.63, 3.8) is 0 Å². The van der Waals surface area contributed by atoms with Crippen LogP contribution < -0.4 is 10.9 Å². The number of nitro benzene ring substituents is 1. The summed E-state index contributed by atoms with van der Waals surface area (Å²) in [4.78, 5) is 33.6. The van der Waals surface area contributed by atoms with Gasteiger partial charge in [-0.15, -0.1) is 0 Å². The van der Waals surface area contributed by atoms with Gasteiger partial charge < -0.3 is 4.42 Å². The monoisotopic (exact) mass is 289 g/mol. The lowest BCUT2D eigenvalue weighted by Crippen LogP contribution is -2.41. The van der Waals surface area contributed by atoms with Crippen LogP contribution in [0.2, 0.25) is 0 Å². The molecule has 108 valence electrons. The topological polar surface area (TPSA) is 114 Å². The minimum atomic E-state index is -0.669. The van der Waals surface area contributed by atoms with E-state index in [2.05, 4.69) is 10.9 Å². The van der Waals surface area contributed by atoms with E-state index in [1.807, 2.05) is 0 Å². The first kappa shape index (κ1) is 14.3. The van der Waals surface area contributed by atoms with Crippen molar-refractivity contribution in [3.05, 3.63) is 63.6 Å². The molecular formula is C13H11N3O5. The molecule has 0 aliphatic rings. The Kier molecular flexibility index (Phi) is 3.98. The molecule has 0 aliphatic heterocycles. The summed E-state index contributed by atoms with van der Waals surface area (Å²) in [5.74, 6) is -1.27. The number of nitrogens with one attached hydrogen (secondary N) is 2. The maximum absolute atomic E-state index is 11.8. The molecule has 0 saturated heterocycles. The molecular weight excluding hydrogens is 278 g/mol. The molecule has 0 atom stereocenters. The van der Waals surface area contributed by atoms with E-state index in [1.54, 1.807) is 6.92 Å². The van der Waals surface area contributed by atoms with Crippen LogP contribution >= 0.6 is 0 Å². The highest BCUT2D eigenvalue weighted by molar-refractivity contribution is 5.98. The van der Waals surface area contributed by atoms with Crippen LogP contribution in [0.25, 0.3) is 0 Å². The Hall–Kier alpha value is -3.16. The van der Waals surface area contributed by atoms with Crippen molar-refractivity contribution in [1.29, 1.82) is 0 Å². The highest BCUT2D eigenvalue weighted by Crippen LogP contribution is 2.18. The second-order valence-electron chi connectivity index (χ2n) is 4.14. The molecule has 2 amide bonds. The number of furan rings is 1. The Balaban J connectivity index is 2.05. The van der Waals surface area contributed by atoms with Gasteiger partial charge in [0.15, 0.2) is 5.76 Å². The zero-order valence-corrected chi connectivity index (χ0v) is 11.0. The van der Waals surface area contributed by atoms with Gasteiger partial charge in [-0.3, -0.25) is 30.6 Å². The van der Waals surface area contributed by atoms with Gasteiger partial charge in [0.1, 0.15) is 0 Å². The maximum Gasteiger partial charge on any atom is 0.305 e. The smallest absolute Gasteiger partial charge is 0.305 e. The maximum atomic E-state index is 11.8. The summed E-state index contributed by atoms with van der Waals surface area (Å²) in [6.07, 6.45) is 1.32. The summed E-state index contributed by atoms with van der Waals surface area (Å²) >= 11 is 0. The van der Waals surface area contributed by atoms with Gasteiger partial charge >= 0.3 is 5.91 Å². The molecule has 0 spiro atoms. The third kappa shape index (κ3) is 3.24. The number of hydrazine groups is 1. The second kappa shape index (κ2) is 5.87. The number of amides is 2. The quantitative estimate of drug-likeness (QED) is 0.657. The molecule has 0 aliphatic carbocycles. The van der Waals surface area contributed by atoms with Gasteiger partial charge in [-0.25, -0.2) is 0 Å². The highest BCUT2D eigenvalue weighted by atomic mass is 16.6.